The van der Waals surface area contributed by atoms with E-state index in [1.165, 1.54) is 6.92 Å². The first-order valence-electron chi connectivity index (χ1n) is 3.47. The zero-order valence-corrected chi connectivity index (χ0v) is 7.30. The van der Waals surface area contributed by atoms with Gasteiger partial charge in [0, 0.05) is 0 Å². The largest absolute Gasteiger partial charge is 0.480 e. The Kier molecular flexibility index (Phi) is 8.24. The third-order valence-electron chi connectivity index (χ3n) is 1.02. The fourth-order valence-electron chi connectivity index (χ4n) is 0.238. The summed E-state index contributed by atoms with van der Waals surface area (Å²) < 4.78 is 0. The lowest BCUT2D eigenvalue weighted by Crippen LogP contribution is -2.44. The van der Waals surface area contributed by atoms with E-state index in [4.69, 9.17) is 21.7 Å². The molecule has 1 amide bonds. The molecule has 2 unspecified atom stereocenters. The van der Waals surface area contributed by atoms with Crippen molar-refractivity contribution < 1.29 is 19.8 Å². The molecular weight excluding hydrogens is 178 g/mol. The van der Waals surface area contributed by atoms with Crippen LogP contribution in [0.25, 0.3) is 0 Å². The Morgan fingerprint density at radius 3 is 1.77 bits per heavy atom. The summed E-state index contributed by atoms with van der Waals surface area (Å²) in [5, 5.41) is 16.2. The molecule has 0 bridgehead atoms. The average Bonchev–Trinajstić information content (AvgIpc) is 2.03. The lowest BCUT2D eigenvalue weighted by molar-refractivity contribution is -0.135. The normalized spacial score (nSPS) is 13.5. The van der Waals surface area contributed by atoms with Gasteiger partial charge in [-0.05, 0) is 6.92 Å². The number of carbonyl (C=O) groups is 2. The highest BCUT2D eigenvalue weighted by Gasteiger charge is 2.13. The van der Waals surface area contributed by atoms with Gasteiger partial charge < -0.3 is 27.4 Å². The quantitative estimate of drug-likeness (QED) is 0.326. The van der Waals surface area contributed by atoms with Crippen LogP contribution in [0.1, 0.15) is 6.92 Å². The molecule has 0 saturated carbocycles. The summed E-state index contributed by atoms with van der Waals surface area (Å²) in [7, 11) is 0. The second-order valence-corrected chi connectivity index (χ2v) is 2.27. The molecule has 0 rings (SSSR count). The number of aliphatic hydroxyl groups excluding tert-OH is 1. The van der Waals surface area contributed by atoms with E-state index < -0.39 is 24.0 Å². The molecule has 0 aromatic heterocycles. The van der Waals surface area contributed by atoms with Gasteiger partial charge in [-0.15, -0.1) is 0 Å². The van der Waals surface area contributed by atoms with Crippen molar-refractivity contribution in [1.82, 2.24) is 0 Å². The number of carbonyl (C=O) groups excluding carboxylic acids is 1. The Balaban J connectivity index is 0. The first-order chi connectivity index (χ1) is 5.82. The monoisotopic (exact) mass is 193 g/mol. The minimum atomic E-state index is -0.968. The Bertz CT molecular complexity index is 171. The highest BCUT2D eigenvalue weighted by Crippen LogP contribution is 1.84. The van der Waals surface area contributed by atoms with E-state index in [1.54, 1.807) is 0 Å². The molecule has 0 aromatic carbocycles. The summed E-state index contributed by atoms with van der Waals surface area (Å²) in [4.78, 5) is 19.3. The van der Waals surface area contributed by atoms with E-state index in [0.29, 0.717) is 0 Å². The maximum atomic E-state index is 10.1. The first kappa shape index (κ1) is 14.3. The van der Waals surface area contributed by atoms with Crippen LogP contribution in [0.5, 0.6) is 0 Å². The minimum Gasteiger partial charge on any atom is -0.480 e. The van der Waals surface area contributed by atoms with E-state index >= 15 is 0 Å². The van der Waals surface area contributed by atoms with Crippen molar-refractivity contribution in [1.29, 1.82) is 0 Å². The van der Waals surface area contributed by atoms with Crippen molar-refractivity contribution in [2.24, 2.45) is 17.2 Å². The van der Waals surface area contributed by atoms with Gasteiger partial charge in [0.1, 0.15) is 6.04 Å². The fourth-order valence-corrected chi connectivity index (χ4v) is 0.238. The van der Waals surface area contributed by atoms with Gasteiger partial charge in [-0.3, -0.25) is 9.59 Å². The van der Waals surface area contributed by atoms with E-state index in [0.717, 1.165) is 0 Å². The molecule has 0 heterocycles. The molecule has 7 nitrogen and oxygen atoms in total. The number of primary amides is 1. The summed E-state index contributed by atoms with van der Waals surface area (Å²) in [5.41, 5.74) is 14.3. The van der Waals surface area contributed by atoms with Crippen molar-refractivity contribution in [3.63, 3.8) is 0 Å². The predicted molar refractivity (Wildman–Crippen MR) is 45.5 cm³/mol. The zero-order valence-electron chi connectivity index (χ0n) is 7.30. The summed E-state index contributed by atoms with van der Waals surface area (Å²) in [5.74, 6) is -1.65. The number of hydrogen-bond donors (Lipinski definition) is 5. The fraction of sp³-hybridized carbons (Fsp3) is 0.667. The van der Waals surface area contributed by atoms with Crippen molar-refractivity contribution in [2.45, 2.75) is 19.1 Å². The number of aliphatic carboxylic acids is 1. The van der Waals surface area contributed by atoms with Gasteiger partial charge in [0.15, 0.2) is 0 Å². The Morgan fingerprint density at radius 2 is 1.77 bits per heavy atom. The highest BCUT2D eigenvalue weighted by molar-refractivity contribution is 5.80. The average molecular weight is 193 g/mol. The third-order valence-corrected chi connectivity index (χ3v) is 1.02. The molecule has 2 atom stereocenters. The van der Waals surface area contributed by atoms with E-state index in [1.807, 2.05) is 0 Å². The Labute approximate surface area is 75.5 Å². The molecule has 78 valence electrons. The van der Waals surface area contributed by atoms with Crippen molar-refractivity contribution in [2.75, 3.05) is 6.54 Å². The van der Waals surface area contributed by atoms with Crippen LogP contribution in [0.4, 0.5) is 0 Å². The molecule has 7 heteroatoms. The maximum absolute atomic E-state index is 10.1. The van der Waals surface area contributed by atoms with E-state index in [-0.39, 0.29) is 6.54 Å². The molecule has 0 aliphatic rings. The number of carboxylic acid groups (broad SMARTS) is 1. The maximum Gasteiger partial charge on any atom is 0.317 e. The van der Waals surface area contributed by atoms with Crippen LogP contribution in [0.2, 0.25) is 0 Å². The first-order valence-corrected chi connectivity index (χ1v) is 3.47. The van der Waals surface area contributed by atoms with E-state index in [2.05, 4.69) is 5.73 Å². The number of hydrogen-bond acceptors (Lipinski definition) is 5. The van der Waals surface area contributed by atoms with Gasteiger partial charge in [0.2, 0.25) is 5.91 Å². The molecule has 13 heavy (non-hydrogen) atoms. The highest BCUT2D eigenvalue weighted by atomic mass is 16.4. The number of carboxylic acids is 1. The van der Waals surface area contributed by atoms with Gasteiger partial charge in [-0.1, -0.05) is 0 Å². The topological polar surface area (TPSA) is 153 Å². The zero-order chi connectivity index (χ0) is 11.0. The summed E-state index contributed by atoms with van der Waals surface area (Å²) in [6, 6.07) is -0.935. The van der Waals surface area contributed by atoms with Crippen molar-refractivity contribution in [3.05, 3.63) is 0 Å². The van der Waals surface area contributed by atoms with Crippen LogP contribution in [-0.2, 0) is 9.59 Å². The molecule has 0 fully saturated rings. The van der Waals surface area contributed by atoms with Crippen molar-refractivity contribution in [3.8, 4) is 0 Å². The standard InChI is InChI=1S/C4H10N2O2.C2H5NO2/c1-2(7)3(5)4(6)8;3-1-2(4)5/h2-3,7H,5H2,1H3,(H2,6,8);1,3H2,(H,4,5). The van der Waals surface area contributed by atoms with Crippen LogP contribution >= 0.6 is 0 Å². The van der Waals surface area contributed by atoms with Gasteiger partial charge in [-0.2, -0.15) is 0 Å². The second kappa shape index (κ2) is 7.47. The van der Waals surface area contributed by atoms with Gasteiger partial charge >= 0.3 is 5.97 Å². The minimum absolute atomic E-state index is 0.278. The van der Waals surface area contributed by atoms with Gasteiger partial charge in [0.25, 0.3) is 0 Å². The lowest BCUT2D eigenvalue weighted by Gasteiger charge is -2.08. The second-order valence-electron chi connectivity index (χ2n) is 2.27. The third kappa shape index (κ3) is 10.8. The molecule has 0 aliphatic heterocycles. The number of nitrogens with two attached hydrogens (primary N) is 3. The van der Waals surface area contributed by atoms with E-state index in [9.17, 15) is 9.59 Å². The molecular formula is C6H15N3O4. The van der Waals surface area contributed by atoms with Crippen LogP contribution in [0.15, 0.2) is 0 Å². The molecule has 0 aromatic rings. The SMILES string of the molecule is CC(O)C(N)C(N)=O.NCC(=O)O. The Hall–Kier alpha value is -1.18. The summed E-state index contributed by atoms with van der Waals surface area (Å²) in [6.45, 7) is 1.13. The van der Waals surface area contributed by atoms with Crippen LogP contribution in [-0.4, -0.2) is 40.8 Å². The molecule has 8 N–H and O–H groups in total. The molecule has 0 spiro atoms. The number of rotatable bonds is 3. The van der Waals surface area contributed by atoms with Crippen molar-refractivity contribution >= 4 is 11.9 Å². The van der Waals surface area contributed by atoms with Crippen LogP contribution < -0.4 is 17.2 Å². The predicted octanol–water partition coefficient (Wildman–Crippen LogP) is -2.79. The molecule has 0 aliphatic carbocycles. The molecule has 0 radical (unpaired) electrons. The smallest absolute Gasteiger partial charge is 0.317 e. The molecule has 0 saturated heterocycles. The van der Waals surface area contributed by atoms with Gasteiger partial charge in [-0.25, -0.2) is 0 Å². The lowest BCUT2D eigenvalue weighted by atomic mass is 10.2. The number of amides is 1. The number of aliphatic hydroxyl groups is 1. The van der Waals surface area contributed by atoms with Crippen LogP contribution in [0, 0.1) is 0 Å². The van der Waals surface area contributed by atoms with Crippen LogP contribution in [0.3, 0.4) is 0 Å². The van der Waals surface area contributed by atoms with Gasteiger partial charge in [0.05, 0.1) is 12.6 Å². The summed E-state index contributed by atoms with van der Waals surface area (Å²) >= 11 is 0. The Morgan fingerprint density at radius 1 is 1.46 bits per heavy atom. The summed E-state index contributed by atoms with van der Waals surface area (Å²) in [6.07, 6.45) is -0.854.